The van der Waals surface area contributed by atoms with Crippen LogP contribution in [0.15, 0.2) is 47.9 Å². The zero-order chi connectivity index (χ0) is 29.0. The maximum absolute atomic E-state index is 13.5. The predicted octanol–water partition coefficient (Wildman–Crippen LogP) is 0.795. The van der Waals surface area contributed by atoms with E-state index in [1.54, 1.807) is 36.5 Å². The van der Waals surface area contributed by atoms with Crippen molar-refractivity contribution in [3.63, 3.8) is 0 Å². The second-order valence-corrected chi connectivity index (χ2v) is 9.77. The van der Waals surface area contributed by atoms with Gasteiger partial charge in [-0.25, -0.2) is 18.9 Å². The van der Waals surface area contributed by atoms with E-state index in [-0.39, 0.29) is 26.2 Å². The van der Waals surface area contributed by atoms with Gasteiger partial charge in [0.25, 0.3) is 0 Å². The zero-order valence-corrected chi connectivity index (χ0v) is 22.6. The van der Waals surface area contributed by atoms with Crippen LogP contribution < -0.4 is 16.0 Å². The van der Waals surface area contributed by atoms with Crippen LogP contribution in [0.1, 0.15) is 12.8 Å². The number of urea groups is 2. The first-order valence-corrected chi connectivity index (χ1v) is 12.6. The van der Waals surface area contributed by atoms with Gasteiger partial charge in [-0.3, -0.25) is 14.9 Å². The monoisotopic (exact) mass is 580 g/mol. The van der Waals surface area contributed by atoms with Gasteiger partial charge in [0.2, 0.25) is 0 Å². The molecular weight excluding hydrogens is 550 g/mol. The van der Waals surface area contributed by atoms with E-state index in [0.717, 1.165) is 4.90 Å². The number of quaternary nitrogens is 1. The fourth-order valence-electron chi connectivity index (χ4n) is 3.71. The van der Waals surface area contributed by atoms with E-state index >= 15 is 0 Å². The lowest BCUT2D eigenvalue weighted by molar-refractivity contribution is -0.841. The van der Waals surface area contributed by atoms with E-state index < -0.39 is 54.1 Å². The van der Waals surface area contributed by atoms with Crippen molar-refractivity contribution in [3.05, 3.63) is 47.9 Å². The number of aliphatic carboxylic acids is 3. The molecule has 4 amide bonds. The van der Waals surface area contributed by atoms with Crippen LogP contribution in [-0.4, -0.2) is 110 Å². The number of thiocarbonyl (C=S) groups is 2. The average molecular weight is 581 g/mol. The molecular formula is C24H30N5O8S2+. The molecule has 39 heavy (non-hydrogen) atoms. The number of carboxylic acids is 3. The molecule has 1 atom stereocenters. The van der Waals surface area contributed by atoms with Crippen molar-refractivity contribution < 1.29 is 43.8 Å². The topological polar surface area (TPSA) is 185 Å². The molecule has 6 N–H and O–H groups in total. The molecule has 2 aliphatic carbocycles. The number of allylic oxidation sites excluding steroid dienone is 6. The van der Waals surface area contributed by atoms with Gasteiger partial charge in [-0.2, -0.15) is 0 Å². The fraction of sp³-hybridized carbons (Fsp3) is 0.375. The van der Waals surface area contributed by atoms with E-state index in [1.165, 1.54) is 0 Å². The second-order valence-electron chi connectivity index (χ2n) is 8.72. The first-order valence-electron chi connectivity index (χ1n) is 11.8. The van der Waals surface area contributed by atoms with Crippen molar-refractivity contribution in [1.82, 2.24) is 20.9 Å². The number of carboxylic acid groups (broad SMARTS) is 3. The minimum atomic E-state index is -1.32. The Kier molecular flexibility index (Phi) is 12.1. The molecule has 0 aromatic rings. The summed E-state index contributed by atoms with van der Waals surface area (Å²) in [5, 5.41) is 35.9. The Balaban J connectivity index is 2.29. The van der Waals surface area contributed by atoms with E-state index in [4.69, 9.17) is 29.5 Å². The summed E-state index contributed by atoms with van der Waals surface area (Å²) in [5.74, 6) is -3.77. The number of amides is 4. The normalized spacial score (nSPS) is 16.0. The Labute approximate surface area is 235 Å². The molecule has 15 heteroatoms. The van der Waals surface area contributed by atoms with Gasteiger partial charge in [-0.1, -0.05) is 36.6 Å². The van der Waals surface area contributed by atoms with Crippen LogP contribution in [0.5, 0.6) is 0 Å². The lowest BCUT2D eigenvalue weighted by atomic mass is 10.1. The maximum atomic E-state index is 13.5. The second kappa shape index (κ2) is 15.0. The first kappa shape index (κ1) is 31.4. The summed E-state index contributed by atoms with van der Waals surface area (Å²) < 4.78 is -0.752. The minimum Gasteiger partial charge on any atom is -0.480 e. The van der Waals surface area contributed by atoms with Gasteiger partial charge in [0.1, 0.15) is 19.6 Å². The first-order chi connectivity index (χ1) is 18.4. The van der Waals surface area contributed by atoms with Crippen LogP contribution >= 0.6 is 24.4 Å². The van der Waals surface area contributed by atoms with Gasteiger partial charge in [-0.15, -0.1) is 0 Å². The van der Waals surface area contributed by atoms with Gasteiger partial charge in [-0.05, 0) is 24.3 Å². The number of rotatable bonds is 14. The molecule has 0 aromatic carbocycles. The molecule has 2 aliphatic rings. The minimum absolute atomic E-state index is 0.0469. The van der Waals surface area contributed by atoms with Crippen molar-refractivity contribution in [2.45, 2.75) is 12.8 Å². The SMILES string of the molecule is O=C(O)CNCC[N+](CCN(CC(=O)O)C(=O)NC1=CCC(=S)C=C1)(CC(=O)O)C(=O)NC1=CCC(=S)C=C1. The molecule has 13 nitrogen and oxygen atoms in total. The molecule has 0 saturated carbocycles. The maximum Gasteiger partial charge on any atom is 0.421 e. The molecule has 0 aromatic heterocycles. The summed E-state index contributed by atoms with van der Waals surface area (Å²) in [6, 6.07) is -1.48. The van der Waals surface area contributed by atoms with Gasteiger partial charge in [0, 0.05) is 40.5 Å². The van der Waals surface area contributed by atoms with Gasteiger partial charge in [0.15, 0.2) is 6.54 Å². The fourth-order valence-corrected chi connectivity index (χ4v) is 4.01. The number of carbonyl (C=O) groups excluding carboxylic acids is 2. The third-order valence-corrected chi connectivity index (χ3v) is 6.32. The number of nitrogens with one attached hydrogen (secondary N) is 3. The summed E-state index contributed by atoms with van der Waals surface area (Å²) in [6.07, 6.45) is 10.6. The standard InChI is InChI=1S/C24H29N5O8S2/c30-20(31)13-25-9-11-29(15-22(34)35,24(37)27-17-3-7-19(39)8-4-17)12-10-28(14-21(32)33)23(36)26-16-1-5-18(38)6-2-16/h1-5,7,25H,6,8-15H2,(H4-,26,27,30,31,32,33,34,35,36,37)/p+1. The largest absolute Gasteiger partial charge is 0.480 e. The van der Waals surface area contributed by atoms with Crippen LogP contribution in [0.4, 0.5) is 9.59 Å². The third kappa shape index (κ3) is 10.8. The van der Waals surface area contributed by atoms with E-state index in [2.05, 4.69) is 16.0 Å². The Morgan fingerprint density at radius 1 is 0.821 bits per heavy atom. The summed E-state index contributed by atoms with van der Waals surface area (Å²) in [7, 11) is 0. The summed E-state index contributed by atoms with van der Waals surface area (Å²) in [4.78, 5) is 63.0. The number of hydrogen-bond acceptors (Lipinski definition) is 8. The molecule has 2 rings (SSSR count). The van der Waals surface area contributed by atoms with Crippen molar-refractivity contribution in [1.29, 1.82) is 0 Å². The molecule has 0 bridgehead atoms. The lowest BCUT2D eigenvalue weighted by Gasteiger charge is -2.36. The Morgan fingerprint density at radius 3 is 1.90 bits per heavy atom. The smallest absolute Gasteiger partial charge is 0.421 e. The molecule has 0 saturated heterocycles. The molecule has 0 radical (unpaired) electrons. The third-order valence-electron chi connectivity index (χ3n) is 5.72. The summed E-state index contributed by atoms with van der Waals surface area (Å²) >= 11 is 10.2. The van der Waals surface area contributed by atoms with Gasteiger partial charge in [0.05, 0.1) is 13.1 Å². The van der Waals surface area contributed by atoms with E-state index in [1.807, 2.05) is 0 Å². The number of hydrogen-bond donors (Lipinski definition) is 6. The Morgan fingerprint density at radius 2 is 1.41 bits per heavy atom. The van der Waals surface area contributed by atoms with Crippen molar-refractivity contribution in [2.24, 2.45) is 0 Å². The van der Waals surface area contributed by atoms with Crippen LogP contribution in [0.2, 0.25) is 0 Å². The molecule has 0 fully saturated rings. The molecule has 0 spiro atoms. The lowest BCUT2D eigenvalue weighted by Crippen LogP contribution is -2.64. The Bertz CT molecular complexity index is 1160. The van der Waals surface area contributed by atoms with Crippen molar-refractivity contribution in [3.8, 4) is 0 Å². The van der Waals surface area contributed by atoms with Crippen molar-refractivity contribution in [2.75, 3.05) is 45.8 Å². The number of carbonyl (C=O) groups is 5. The Hall–Kier alpha value is -3.79. The summed E-state index contributed by atoms with van der Waals surface area (Å²) in [5.41, 5.74) is 0.814. The van der Waals surface area contributed by atoms with E-state index in [0.29, 0.717) is 34.0 Å². The highest BCUT2D eigenvalue weighted by molar-refractivity contribution is 7.81. The highest BCUT2D eigenvalue weighted by atomic mass is 32.1. The van der Waals surface area contributed by atoms with Crippen LogP contribution in [0, 0.1) is 0 Å². The average Bonchev–Trinajstić information content (AvgIpc) is 2.86. The molecule has 210 valence electrons. The van der Waals surface area contributed by atoms with Crippen LogP contribution in [-0.2, 0) is 14.4 Å². The van der Waals surface area contributed by atoms with E-state index in [9.17, 15) is 34.2 Å². The molecule has 0 heterocycles. The highest BCUT2D eigenvalue weighted by Crippen LogP contribution is 2.14. The van der Waals surface area contributed by atoms with Gasteiger partial charge >= 0.3 is 30.0 Å². The van der Waals surface area contributed by atoms with Crippen molar-refractivity contribution >= 4 is 64.1 Å². The van der Waals surface area contributed by atoms with Crippen LogP contribution in [0.25, 0.3) is 0 Å². The summed E-state index contributed by atoms with van der Waals surface area (Å²) in [6.45, 7) is -2.61. The molecule has 1 unspecified atom stereocenters. The highest BCUT2D eigenvalue weighted by Gasteiger charge is 2.40. The predicted molar refractivity (Wildman–Crippen MR) is 148 cm³/mol. The zero-order valence-electron chi connectivity index (χ0n) is 20.9. The quantitative estimate of drug-likeness (QED) is 0.0970. The van der Waals surface area contributed by atoms with Gasteiger partial charge < -0.3 is 30.9 Å². The molecule has 0 aliphatic heterocycles. The number of nitrogens with zero attached hydrogens (tertiary/aromatic N) is 2. The van der Waals surface area contributed by atoms with Crippen LogP contribution in [0.3, 0.4) is 0 Å².